The normalized spacial score (nSPS) is 23.8. The fraction of sp³-hybridized carbons (Fsp3) is 0.542. The lowest BCUT2D eigenvalue weighted by atomic mass is 9.76. The summed E-state index contributed by atoms with van der Waals surface area (Å²) in [6, 6.07) is 11.0. The Labute approximate surface area is 177 Å². The van der Waals surface area contributed by atoms with E-state index in [1.54, 1.807) is 11.3 Å². The van der Waals surface area contributed by atoms with Gasteiger partial charge in [-0.2, -0.15) is 11.3 Å². The number of piperidine rings is 1. The van der Waals surface area contributed by atoms with Crippen molar-refractivity contribution in [3.05, 3.63) is 52.2 Å². The fourth-order valence-electron chi connectivity index (χ4n) is 5.06. The summed E-state index contributed by atoms with van der Waals surface area (Å²) >= 11 is 1.77. The van der Waals surface area contributed by atoms with Crippen LogP contribution in [0.5, 0.6) is 5.75 Å². The Balaban J connectivity index is 1.27. The van der Waals surface area contributed by atoms with Crippen LogP contribution in [-0.2, 0) is 11.3 Å². The van der Waals surface area contributed by atoms with E-state index in [0.717, 1.165) is 57.5 Å². The average molecular weight is 411 g/mol. The van der Waals surface area contributed by atoms with Gasteiger partial charge in [0.25, 0.3) is 0 Å². The molecule has 1 atom stereocenters. The fourth-order valence-corrected chi connectivity index (χ4v) is 5.72. The summed E-state index contributed by atoms with van der Waals surface area (Å²) < 4.78 is 6.61. The number of nitrogens with one attached hydrogen (secondary N) is 1. The lowest BCUT2D eigenvalue weighted by Crippen LogP contribution is -2.50. The van der Waals surface area contributed by atoms with Crippen molar-refractivity contribution in [2.24, 2.45) is 0 Å². The Kier molecular flexibility index (Phi) is 5.35. The van der Waals surface area contributed by atoms with E-state index in [4.69, 9.17) is 4.74 Å². The molecule has 1 N–H and O–H groups in total. The number of nitrogens with zero attached hydrogens (tertiary/aromatic N) is 1. The highest BCUT2D eigenvalue weighted by Gasteiger charge is 2.43. The van der Waals surface area contributed by atoms with Gasteiger partial charge in [-0.1, -0.05) is 18.2 Å². The molecule has 1 aliphatic carbocycles. The number of para-hydroxylation sites is 1. The lowest BCUT2D eigenvalue weighted by molar-refractivity contribution is -0.123. The molecule has 1 aromatic heterocycles. The smallest absolute Gasteiger partial charge is 0.220 e. The largest absolute Gasteiger partial charge is 0.487 e. The standard InChI is InChI=1S/C24H30N2O2S/c27-23(25-20-4-3-5-20)14-19-15-24(28-22-7-2-1-6-21(19)22)9-11-26(12-10-24)16-18-8-13-29-17-18/h1-2,6-8,13,17,19-20H,3-5,9-12,14-16H2,(H,25,27)/t19-/m0/s1. The number of benzene rings is 1. The summed E-state index contributed by atoms with van der Waals surface area (Å²) in [5.41, 5.74) is 2.50. The van der Waals surface area contributed by atoms with Gasteiger partial charge in [0.05, 0.1) is 0 Å². The van der Waals surface area contributed by atoms with Crippen LogP contribution in [0.2, 0.25) is 0 Å². The second-order valence-corrected chi connectivity index (χ2v) is 9.81. The number of carbonyl (C=O) groups excluding carboxylic acids is 1. The van der Waals surface area contributed by atoms with Gasteiger partial charge in [0.2, 0.25) is 5.91 Å². The second-order valence-electron chi connectivity index (χ2n) is 9.03. The number of hydrogen-bond donors (Lipinski definition) is 1. The van der Waals surface area contributed by atoms with Gasteiger partial charge in [0, 0.05) is 38.0 Å². The molecular weight excluding hydrogens is 380 g/mol. The lowest BCUT2D eigenvalue weighted by Gasteiger charge is -2.47. The van der Waals surface area contributed by atoms with Gasteiger partial charge in [0.1, 0.15) is 11.4 Å². The van der Waals surface area contributed by atoms with Crippen molar-refractivity contribution in [3.8, 4) is 5.75 Å². The van der Waals surface area contributed by atoms with Crippen LogP contribution in [0.1, 0.15) is 62.0 Å². The minimum atomic E-state index is -0.124. The molecule has 3 aliphatic rings. The second kappa shape index (κ2) is 8.11. The van der Waals surface area contributed by atoms with Crippen LogP contribution in [0.25, 0.3) is 0 Å². The van der Waals surface area contributed by atoms with Gasteiger partial charge in [-0.3, -0.25) is 9.69 Å². The monoisotopic (exact) mass is 410 g/mol. The predicted octanol–water partition coefficient (Wildman–Crippen LogP) is 4.71. The van der Waals surface area contributed by atoms with E-state index >= 15 is 0 Å². The number of rotatable bonds is 5. The molecule has 0 radical (unpaired) electrons. The first-order chi connectivity index (χ1) is 14.2. The maximum Gasteiger partial charge on any atom is 0.220 e. The van der Waals surface area contributed by atoms with Gasteiger partial charge >= 0.3 is 0 Å². The predicted molar refractivity (Wildman–Crippen MR) is 116 cm³/mol. The zero-order valence-electron chi connectivity index (χ0n) is 16.9. The first-order valence-electron chi connectivity index (χ1n) is 11.0. The number of thiophene rings is 1. The summed E-state index contributed by atoms with van der Waals surface area (Å²) in [6.45, 7) is 3.14. The molecule has 5 heteroatoms. The molecule has 29 heavy (non-hydrogen) atoms. The molecule has 1 spiro atoms. The van der Waals surface area contributed by atoms with E-state index in [9.17, 15) is 4.79 Å². The minimum absolute atomic E-state index is 0.124. The zero-order chi connectivity index (χ0) is 19.7. The first-order valence-corrected chi connectivity index (χ1v) is 11.9. The van der Waals surface area contributed by atoms with Gasteiger partial charge in [0.15, 0.2) is 0 Å². The van der Waals surface area contributed by atoms with E-state index in [0.29, 0.717) is 12.5 Å². The molecule has 3 heterocycles. The van der Waals surface area contributed by atoms with Crippen LogP contribution in [-0.4, -0.2) is 35.5 Å². The third-order valence-electron chi connectivity index (χ3n) is 6.96. The van der Waals surface area contributed by atoms with Crippen molar-refractivity contribution in [1.29, 1.82) is 0 Å². The number of likely N-dealkylation sites (tertiary alicyclic amines) is 1. The number of carbonyl (C=O) groups is 1. The van der Waals surface area contributed by atoms with E-state index in [1.165, 1.54) is 17.5 Å². The van der Waals surface area contributed by atoms with Crippen LogP contribution < -0.4 is 10.1 Å². The molecule has 0 bridgehead atoms. The molecule has 5 rings (SSSR count). The Bertz CT molecular complexity index is 838. The van der Waals surface area contributed by atoms with Crippen LogP contribution in [0, 0.1) is 0 Å². The summed E-state index contributed by atoms with van der Waals surface area (Å²) in [6.07, 6.45) is 7.13. The Morgan fingerprint density at radius 3 is 2.76 bits per heavy atom. The summed E-state index contributed by atoms with van der Waals surface area (Å²) in [4.78, 5) is 15.2. The van der Waals surface area contributed by atoms with E-state index in [1.807, 2.05) is 0 Å². The maximum absolute atomic E-state index is 12.7. The van der Waals surface area contributed by atoms with Crippen molar-refractivity contribution in [1.82, 2.24) is 10.2 Å². The highest BCUT2D eigenvalue weighted by atomic mass is 32.1. The highest BCUT2D eigenvalue weighted by molar-refractivity contribution is 7.07. The number of fused-ring (bicyclic) bond motifs is 1. The topological polar surface area (TPSA) is 41.6 Å². The summed E-state index contributed by atoms with van der Waals surface area (Å²) in [7, 11) is 0. The van der Waals surface area contributed by atoms with Crippen molar-refractivity contribution >= 4 is 17.2 Å². The average Bonchev–Trinajstić information content (AvgIpc) is 3.20. The highest BCUT2D eigenvalue weighted by Crippen LogP contribution is 2.46. The summed E-state index contributed by atoms with van der Waals surface area (Å²) in [5.74, 6) is 1.45. The van der Waals surface area contributed by atoms with Crippen molar-refractivity contribution in [3.63, 3.8) is 0 Å². The zero-order valence-corrected chi connectivity index (χ0v) is 17.8. The molecule has 1 amide bonds. The van der Waals surface area contributed by atoms with Crippen molar-refractivity contribution in [2.75, 3.05) is 13.1 Å². The van der Waals surface area contributed by atoms with Gasteiger partial charge < -0.3 is 10.1 Å². The minimum Gasteiger partial charge on any atom is -0.487 e. The molecule has 1 aromatic carbocycles. The van der Waals surface area contributed by atoms with Crippen LogP contribution in [0.15, 0.2) is 41.1 Å². The molecule has 4 nitrogen and oxygen atoms in total. The Morgan fingerprint density at radius 2 is 2.03 bits per heavy atom. The van der Waals surface area contributed by atoms with Crippen LogP contribution in [0.3, 0.4) is 0 Å². The van der Waals surface area contributed by atoms with Gasteiger partial charge in [-0.05, 0) is 72.5 Å². The van der Waals surface area contributed by atoms with Crippen LogP contribution >= 0.6 is 11.3 Å². The Morgan fingerprint density at radius 1 is 1.21 bits per heavy atom. The van der Waals surface area contributed by atoms with Crippen LogP contribution in [0.4, 0.5) is 0 Å². The molecule has 2 fully saturated rings. The molecule has 2 aliphatic heterocycles. The molecule has 2 aromatic rings. The molecule has 1 saturated carbocycles. The van der Waals surface area contributed by atoms with Crippen molar-refractivity contribution in [2.45, 2.75) is 69.1 Å². The third kappa shape index (κ3) is 4.22. The quantitative estimate of drug-likeness (QED) is 0.776. The first kappa shape index (κ1) is 19.1. The SMILES string of the molecule is O=C(C[C@H]1CC2(CCN(Cc3ccsc3)CC2)Oc2ccccc21)NC1CCC1. The van der Waals surface area contributed by atoms with Gasteiger partial charge in [-0.25, -0.2) is 0 Å². The Hall–Kier alpha value is -1.85. The van der Waals surface area contributed by atoms with Crippen molar-refractivity contribution < 1.29 is 9.53 Å². The van der Waals surface area contributed by atoms with E-state index in [-0.39, 0.29) is 17.4 Å². The number of ether oxygens (including phenoxy) is 1. The molecule has 154 valence electrons. The van der Waals surface area contributed by atoms with E-state index in [2.05, 4.69) is 51.3 Å². The third-order valence-corrected chi connectivity index (χ3v) is 7.69. The molecular formula is C24H30N2O2S. The van der Waals surface area contributed by atoms with Gasteiger partial charge in [-0.15, -0.1) is 0 Å². The number of hydrogen-bond acceptors (Lipinski definition) is 4. The molecule has 0 unspecified atom stereocenters. The summed E-state index contributed by atoms with van der Waals surface area (Å²) in [5, 5.41) is 7.63. The molecule has 1 saturated heterocycles. The maximum atomic E-state index is 12.7. The van der Waals surface area contributed by atoms with E-state index < -0.39 is 0 Å². The number of amides is 1.